The molecular weight excluding hydrogens is 292 g/mol. The normalized spacial score (nSPS) is 27.5. The van der Waals surface area contributed by atoms with Crippen molar-refractivity contribution in [2.24, 2.45) is 5.92 Å². The molecule has 3 rings (SSSR count). The van der Waals surface area contributed by atoms with E-state index in [0.29, 0.717) is 24.9 Å². The Morgan fingerprint density at radius 1 is 1.18 bits per heavy atom. The summed E-state index contributed by atoms with van der Waals surface area (Å²) in [5.41, 5.74) is 0.598. The second kappa shape index (κ2) is 5.66. The molecule has 1 saturated carbocycles. The van der Waals surface area contributed by atoms with Gasteiger partial charge in [-0.3, -0.25) is 4.79 Å². The number of carbonyl (C=O) groups is 2. The number of hydrogen-bond donors (Lipinski definition) is 1. The van der Waals surface area contributed by atoms with Crippen LogP contribution in [0.5, 0.6) is 0 Å². The Bertz CT molecular complexity index is 619. The van der Waals surface area contributed by atoms with Crippen molar-refractivity contribution in [2.45, 2.75) is 37.6 Å². The molecule has 3 atom stereocenters. The number of aliphatic carboxylic acids is 1. The van der Waals surface area contributed by atoms with Crippen LogP contribution in [0.2, 0.25) is 0 Å². The number of carboxylic acid groups (broad SMARTS) is 1. The molecule has 1 amide bonds. The van der Waals surface area contributed by atoms with E-state index in [1.54, 1.807) is 0 Å². The molecule has 0 bridgehead atoms. The number of amides is 1. The minimum atomic E-state index is -0.974. The zero-order chi connectivity index (χ0) is 15.9. The Morgan fingerprint density at radius 3 is 2.64 bits per heavy atom. The third-order valence-corrected chi connectivity index (χ3v) is 4.55. The number of hydrogen-bond acceptors (Lipinski definition) is 2. The van der Waals surface area contributed by atoms with Gasteiger partial charge in [0.15, 0.2) is 11.6 Å². The Balaban J connectivity index is 1.71. The quantitative estimate of drug-likeness (QED) is 0.933. The van der Waals surface area contributed by atoms with Crippen molar-refractivity contribution in [3.63, 3.8) is 0 Å². The summed E-state index contributed by atoms with van der Waals surface area (Å²) >= 11 is 0. The number of rotatable bonds is 3. The molecule has 1 aliphatic heterocycles. The molecule has 0 unspecified atom stereocenters. The maximum absolute atomic E-state index is 13.3. The van der Waals surface area contributed by atoms with Crippen molar-refractivity contribution in [2.75, 3.05) is 6.54 Å². The SMILES string of the molecule is O=C(O)[C@H]1CCCCN1C(=O)[C@H]1C[C@H]1c1ccc(F)c(F)c1. The lowest BCUT2D eigenvalue weighted by atomic mass is 10.0. The summed E-state index contributed by atoms with van der Waals surface area (Å²) < 4.78 is 26.2. The fraction of sp³-hybridized carbons (Fsp3) is 0.500. The number of nitrogens with zero attached hydrogens (tertiary/aromatic N) is 1. The fourth-order valence-corrected chi connectivity index (χ4v) is 3.24. The van der Waals surface area contributed by atoms with Crippen LogP contribution < -0.4 is 0 Å². The van der Waals surface area contributed by atoms with Crippen LogP contribution in [0, 0.1) is 17.6 Å². The fourth-order valence-electron chi connectivity index (χ4n) is 3.24. The number of benzene rings is 1. The molecular formula is C16H17F2NO3. The zero-order valence-corrected chi connectivity index (χ0v) is 12.0. The summed E-state index contributed by atoms with van der Waals surface area (Å²) in [5, 5.41) is 9.22. The van der Waals surface area contributed by atoms with Gasteiger partial charge >= 0.3 is 5.97 Å². The lowest BCUT2D eigenvalue weighted by Gasteiger charge is -2.33. The lowest BCUT2D eigenvalue weighted by molar-refractivity contribution is -0.152. The van der Waals surface area contributed by atoms with Gasteiger partial charge < -0.3 is 10.0 Å². The average Bonchev–Trinajstić information content (AvgIpc) is 3.30. The molecule has 4 nitrogen and oxygen atoms in total. The van der Waals surface area contributed by atoms with Crippen molar-refractivity contribution in [3.05, 3.63) is 35.4 Å². The van der Waals surface area contributed by atoms with Crippen LogP contribution in [0.15, 0.2) is 18.2 Å². The first-order chi connectivity index (χ1) is 10.5. The first kappa shape index (κ1) is 14.9. The van der Waals surface area contributed by atoms with Gasteiger partial charge in [0.1, 0.15) is 6.04 Å². The predicted octanol–water partition coefficient (Wildman–Crippen LogP) is 2.53. The molecule has 1 N–H and O–H groups in total. The van der Waals surface area contributed by atoms with E-state index >= 15 is 0 Å². The van der Waals surface area contributed by atoms with Gasteiger partial charge in [-0.2, -0.15) is 0 Å². The van der Waals surface area contributed by atoms with E-state index < -0.39 is 23.6 Å². The van der Waals surface area contributed by atoms with Crippen LogP contribution >= 0.6 is 0 Å². The van der Waals surface area contributed by atoms with Gasteiger partial charge in [0.25, 0.3) is 0 Å². The van der Waals surface area contributed by atoms with Crippen molar-refractivity contribution < 1.29 is 23.5 Å². The number of carbonyl (C=O) groups excluding carboxylic acids is 1. The average molecular weight is 309 g/mol. The summed E-state index contributed by atoms with van der Waals surface area (Å²) in [6.07, 6.45) is 2.65. The van der Waals surface area contributed by atoms with Crippen molar-refractivity contribution in [3.8, 4) is 0 Å². The maximum atomic E-state index is 13.3. The smallest absolute Gasteiger partial charge is 0.326 e. The topological polar surface area (TPSA) is 57.6 Å². The minimum Gasteiger partial charge on any atom is -0.480 e. The largest absolute Gasteiger partial charge is 0.480 e. The monoisotopic (exact) mass is 309 g/mol. The molecule has 1 heterocycles. The first-order valence-corrected chi connectivity index (χ1v) is 7.47. The number of halogens is 2. The van der Waals surface area contributed by atoms with E-state index in [1.165, 1.54) is 11.0 Å². The molecule has 22 heavy (non-hydrogen) atoms. The second-order valence-electron chi connectivity index (χ2n) is 6.00. The van der Waals surface area contributed by atoms with Crippen molar-refractivity contribution in [1.29, 1.82) is 0 Å². The summed E-state index contributed by atoms with van der Waals surface area (Å²) in [6.45, 7) is 0.455. The van der Waals surface area contributed by atoms with Gasteiger partial charge in [-0.1, -0.05) is 6.07 Å². The maximum Gasteiger partial charge on any atom is 0.326 e. The molecule has 6 heteroatoms. The number of piperidine rings is 1. The molecule has 0 aromatic heterocycles. The summed E-state index contributed by atoms with van der Waals surface area (Å²) in [6, 6.07) is 2.91. The minimum absolute atomic E-state index is 0.140. The molecule has 2 fully saturated rings. The van der Waals surface area contributed by atoms with Crippen LogP contribution in [0.1, 0.15) is 37.2 Å². The predicted molar refractivity (Wildman–Crippen MR) is 74.2 cm³/mol. The Labute approximate surface area is 126 Å². The summed E-state index contributed by atoms with van der Waals surface area (Å²) in [4.78, 5) is 25.2. The van der Waals surface area contributed by atoms with Gasteiger partial charge in [0, 0.05) is 12.5 Å². The van der Waals surface area contributed by atoms with Crippen LogP contribution in [-0.2, 0) is 9.59 Å². The molecule has 0 radical (unpaired) electrons. The standard InChI is InChI=1S/C16H17F2NO3/c17-12-5-4-9(7-13(12)18)10-8-11(10)15(20)19-6-2-1-3-14(19)16(21)22/h4-5,7,10-11,14H,1-3,6,8H2,(H,21,22)/t10-,11-,14+/m0/s1. The van der Waals surface area contributed by atoms with Crippen LogP contribution in [-0.4, -0.2) is 34.5 Å². The molecule has 1 aromatic carbocycles. The Hall–Kier alpha value is -1.98. The molecule has 1 aliphatic carbocycles. The van der Waals surface area contributed by atoms with Crippen LogP contribution in [0.3, 0.4) is 0 Å². The molecule has 2 aliphatic rings. The number of likely N-dealkylation sites (tertiary alicyclic amines) is 1. The lowest BCUT2D eigenvalue weighted by Crippen LogP contribution is -2.48. The Morgan fingerprint density at radius 2 is 1.95 bits per heavy atom. The van der Waals surface area contributed by atoms with Gasteiger partial charge in [-0.25, -0.2) is 13.6 Å². The highest BCUT2D eigenvalue weighted by atomic mass is 19.2. The molecule has 118 valence electrons. The van der Waals surface area contributed by atoms with Crippen molar-refractivity contribution in [1.82, 2.24) is 4.90 Å². The first-order valence-electron chi connectivity index (χ1n) is 7.47. The van der Waals surface area contributed by atoms with Crippen LogP contribution in [0.4, 0.5) is 8.78 Å². The Kier molecular flexibility index (Phi) is 3.85. The summed E-state index contributed by atoms with van der Waals surface area (Å²) in [5.74, 6) is -3.44. The van der Waals surface area contributed by atoms with Gasteiger partial charge in [-0.05, 0) is 49.3 Å². The van der Waals surface area contributed by atoms with Gasteiger partial charge in [0.05, 0.1) is 0 Å². The van der Waals surface area contributed by atoms with Gasteiger partial charge in [-0.15, -0.1) is 0 Å². The third-order valence-electron chi connectivity index (χ3n) is 4.55. The van der Waals surface area contributed by atoms with Crippen molar-refractivity contribution >= 4 is 11.9 Å². The van der Waals surface area contributed by atoms with E-state index in [0.717, 1.165) is 25.0 Å². The summed E-state index contributed by atoms with van der Waals surface area (Å²) in [7, 11) is 0. The highest BCUT2D eigenvalue weighted by molar-refractivity contribution is 5.87. The molecule has 0 spiro atoms. The van der Waals surface area contributed by atoms with E-state index in [1.807, 2.05) is 0 Å². The van der Waals surface area contributed by atoms with E-state index in [-0.39, 0.29) is 17.7 Å². The molecule has 1 aromatic rings. The molecule has 1 saturated heterocycles. The zero-order valence-electron chi connectivity index (χ0n) is 12.0. The highest BCUT2D eigenvalue weighted by Crippen LogP contribution is 2.49. The third kappa shape index (κ3) is 2.69. The van der Waals surface area contributed by atoms with Crippen LogP contribution in [0.25, 0.3) is 0 Å². The number of carboxylic acids is 1. The van der Waals surface area contributed by atoms with E-state index in [9.17, 15) is 23.5 Å². The van der Waals surface area contributed by atoms with E-state index in [2.05, 4.69) is 0 Å². The van der Waals surface area contributed by atoms with E-state index in [4.69, 9.17) is 0 Å². The second-order valence-corrected chi connectivity index (χ2v) is 6.00. The van der Waals surface area contributed by atoms with Gasteiger partial charge in [0.2, 0.25) is 5.91 Å². The highest BCUT2D eigenvalue weighted by Gasteiger charge is 2.48.